The second-order valence-corrected chi connectivity index (χ2v) is 2.51. The molecule has 3 N–H and O–H groups in total. The van der Waals surface area contributed by atoms with Gasteiger partial charge in [-0.1, -0.05) is 0 Å². The van der Waals surface area contributed by atoms with Gasteiger partial charge in [-0.15, -0.1) is 0 Å². The topological polar surface area (TPSA) is 73.2 Å². The van der Waals surface area contributed by atoms with Crippen LogP contribution in [-0.2, 0) is 4.74 Å². The van der Waals surface area contributed by atoms with Crippen molar-refractivity contribution in [2.45, 2.75) is 24.7 Å². The van der Waals surface area contributed by atoms with Crippen molar-refractivity contribution in [2.24, 2.45) is 0 Å². The highest BCUT2D eigenvalue weighted by molar-refractivity contribution is 4.80. The van der Waals surface area contributed by atoms with Crippen LogP contribution < -0.4 is 0 Å². The van der Waals surface area contributed by atoms with E-state index in [1.807, 2.05) is 0 Å². The van der Waals surface area contributed by atoms with Gasteiger partial charge in [-0.25, -0.2) is 0 Å². The number of aliphatic hydroxyl groups excluding tert-OH is 3. The Bertz CT molecular complexity index is 102. The summed E-state index contributed by atoms with van der Waals surface area (Å²) in [6.07, 6.45) is -1.36. The van der Waals surface area contributed by atoms with Crippen LogP contribution in [0.15, 0.2) is 0 Å². The Labute approximate surface area is 59.1 Å². The Balaban J connectivity index is 2.10. The predicted octanol–water partition coefficient (Wildman–Crippen LogP) is -1.51. The van der Waals surface area contributed by atoms with Gasteiger partial charge in [0.15, 0.2) is 0 Å². The number of hydrogen-bond acceptors (Lipinski definition) is 4. The molecule has 1 aliphatic heterocycles. The van der Waals surface area contributed by atoms with Crippen molar-refractivity contribution in [3.05, 3.63) is 0 Å². The molecule has 4 heteroatoms. The van der Waals surface area contributed by atoms with Crippen molar-refractivity contribution >= 4 is 0 Å². The zero-order valence-corrected chi connectivity index (χ0v) is 5.60. The minimum absolute atomic E-state index is 0.110. The number of rotatable bonds is 4. The van der Waals surface area contributed by atoms with E-state index in [-0.39, 0.29) is 19.1 Å². The highest BCUT2D eigenvalue weighted by atomic mass is 16.6. The fraction of sp³-hybridized carbons (Fsp3) is 1.00. The van der Waals surface area contributed by atoms with E-state index in [0.717, 1.165) is 0 Å². The molecule has 0 aliphatic carbocycles. The summed E-state index contributed by atoms with van der Waals surface area (Å²) in [5.74, 6) is 0. The van der Waals surface area contributed by atoms with Crippen molar-refractivity contribution in [3.8, 4) is 0 Å². The summed E-state index contributed by atoms with van der Waals surface area (Å²) in [4.78, 5) is 0. The first-order chi connectivity index (χ1) is 4.74. The second-order valence-electron chi connectivity index (χ2n) is 2.51. The van der Waals surface area contributed by atoms with Crippen LogP contribution in [0.1, 0.15) is 6.42 Å². The first-order valence-corrected chi connectivity index (χ1v) is 3.32. The predicted molar refractivity (Wildman–Crippen MR) is 33.5 cm³/mol. The van der Waals surface area contributed by atoms with Gasteiger partial charge in [0.2, 0.25) is 0 Å². The van der Waals surface area contributed by atoms with Gasteiger partial charge in [-0.05, 0) is 0 Å². The third kappa shape index (κ3) is 2.22. The van der Waals surface area contributed by atoms with E-state index in [1.54, 1.807) is 0 Å². The summed E-state index contributed by atoms with van der Waals surface area (Å²) in [6, 6.07) is 0. The zero-order chi connectivity index (χ0) is 7.56. The van der Waals surface area contributed by atoms with Crippen LogP contribution in [0.5, 0.6) is 0 Å². The fourth-order valence-corrected chi connectivity index (χ4v) is 0.783. The van der Waals surface area contributed by atoms with Gasteiger partial charge in [-0.2, -0.15) is 0 Å². The van der Waals surface area contributed by atoms with E-state index in [4.69, 9.17) is 20.1 Å². The van der Waals surface area contributed by atoms with Gasteiger partial charge < -0.3 is 20.1 Å². The lowest BCUT2D eigenvalue weighted by atomic mass is 10.1. The maximum absolute atomic E-state index is 9.09. The van der Waals surface area contributed by atoms with E-state index in [1.165, 1.54) is 0 Å². The third-order valence-corrected chi connectivity index (χ3v) is 1.51. The Morgan fingerprint density at radius 3 is 2.50 bits per heavy atom. The molecule has 0 spiro atoms. The summed E-state index contributed by atoms with van der Waals surface area (Å²) in [6.45, 7) is 0.267. The van der Waals surface area contributed by atoms with Gasteiger partial charge >= 0.3 is 0 Å². The molecule has 60 valence electrons. The van der Waals surface area contributed by atoms with Gasteiger partial charge in [0, 0.05) is 6.42 Å². The standard InChI is InChI=1S/C6H12O4/c7-2-4(8)1-5(9)6-3-10-6/h4-9H,1-3H2. The van der Waals surface area contributed by atoms with Crippen molar-refractivity contribution in [2.75, 3.05) is 13.2 Å². The first-order valence-electron chi connectivity index (χ1n) is 3.32. The molecule has 10 heavy (non-hydrogen) atoms. The smallest absolute Gasteiger partial charge is 0.107 e. The second kappa shape index (κ2) is 3.30. The van der Waals surface area contributed by atoms with Crippen LogP contribution in [0.2, 0.25) is 0 Å². The molecule has 3 unspecified atom stereocenters. The minimum Gasteiger partial charge on any atom is -0.394 e. The van der Waals surface area contributed by atoms with Crippen LogP contribution in [0.3, 0.4) is 0 Å². The molecule has 0 aromatic carbocycles. The first kappa shape index (κ1) is 7.94. The molecule has 0 aromatic rings. The largest absolute Gasteiger partial charge is 0.394 e. The number of hydrogen-bond donors (Lipinski definition) is 3. The van der Waals surface area contributed by atoms with E-state index in [0.29, 0.717) is 6.61 Å². The molecule has 1 heterocycles. The van der Waals surface area contributed by atoms with E-state index >= 15 is 0 Å². The molecule has 0 amide bonds. The average molecular weight is 148 g/mol. The lowest BCUT2D eigenvalue weighted by molar-refractivity contribution is 0.0312. The molecule has 1 aliphatic rings. The Hall–Kier alpha value is -0.160. The van der Waals surface area contributed by atoms with Gasteiger partial charge in [0.1, 0.15) is 6.10 Å². The molecular weight excluding hydrogens is 136 g/mol. The van der Waals surface area contributed by atoms with Crippen molar-refractivity contribution < 1.29 is 20.1 Å². The van der Waals surface area contributed by atoms with Crippen molar-refractivity contribution in [3.63, 3.8) is 0 Å². The van der Waals surface area contributed by atoms with Crippen molar-refractivity contribution in [1.82, 2.24) is 0 Å². The van der Waals surface area contributed by atoms with E-state index < -0.39 is 12.2 Å². The highest BCUT2D eigenvalue weighted by Crippen LogP contribution is 2.17. The average Bonchev–Trinajstić information content (AvgIpc) is 2.68. The lowest BCUT2D eigenvalue weighted by Gasteiger charge is -2.10. The molecule has 1 rings (SSSR count). The van der Waals surface area contributed by atoms with Crippen LogP contribution in [0, 0.1) is 0 Å². The summed E-state index contributed by atoms with van der Waals surface area (Å²) in [7, 11) is 0. The highest BCUT2D eigenvalue weighted by Gasteiger charge is 2.32. The number of epoxide rings is 1. The molecule has 0 saturated carbocycles. The third-order valence-electron chi connectivity index (χ3n) is 1.51. The summed E-state index contributed by atoms with van der Waals surface area (Å²) >= 11 is 0. The van der Waals surface area contributed by atoms with Crippen molar-refractivity contribution in [1.29, 1.82) is 0 Å². The van der Waals surface area contributed by atoms with Gasteiger partial charge in [0.25, 0.3) is 0 Å². The summed E-state index contributed by atoms with van der Waals surface area (Å²) in [5.41, 5.74) is 0. The van der Waals surface area contributed by atoms with E-state index in [2.05, 4.69) is 0 Å². The lowest BCUT2D eigenvalue weighted by Crippen LogP contribution is -2.24. The molecule has 1 fully saturated rings. The Morgan fingerprint density at radius 1 is 1.50 bits per heavy atom. The number of ether oxygens (including phenoxy) is 1. The van der Waals surface area contributed by atoms with E-state index in [9.17, 15) is 0 Å². The monoisotopic (exact) mass is 148 g/mol. The maximum atomic E-state index is 9.09. The normalized spacial score (nSPS) is 29.7. The Kier molecular flexibility index (Phi) is 2.62. The molecular formula is C6H12O4. The molecule has 3 atom stereocenters. The van der Waals surface area contributed by atoms with Crippen LogP contribution in [0.25, 0.3) is 0 Å². The van der Waals surface area contributed by atoms with Crippen LogP contribution in [0.4, 0.5) is 0 Å². The van der Waals surface area contributed by atoms with Crippen LogP contribution >= 0.6 is 0 Å². The van der Waals surface area contributed by atoms with Gasteiger partial charge in [-0.3, -0.25) is 0 Å². The van der Waals surface area contributed by atoms with Gasteiger partial charge in [0.05, 0.1) is 25.4 Å². The molecule has 1 saturated heterocycles. The van der Waals surface area contributed by atoms with Crippen LogP contribution in [-0.4, -0.2) is 46.8 Å². The molecule has 0 bridgehead atoms. The molecule has 4 nitrogen and oxygen atoms in total. The molecule has 0 radical (unpaired) electrons. The quantitative estimate of drug-likeness (QED) is 0.424. The SMILES string of the molecule is OCC(O)CC(O)C1CO1. The zero-order valence-electron chi connectivity index (χ0n) is 5.60. The summed E-state index contributed by atoms with van der Waals surface area (Å²) in [5, 5.41) is 26.3. The Morgan fingerprint density at radius 2 is 2.10 bits per heavy atom. The molecule has 0 aromatic heterocycles. The maximum Gasteiger partial charge on any atom is 0.107 e. The summed E-state index contributed by atoms with van der Waals surface area (Å²) < 4.78 is 4.77. The fourth-order valence-electron chi connectivity index (χ4n) is 0.783. The number of aliphatic hydroxyl groups is 3. The minimum atomic E-state index is -0.820.